The van der Waals surface area contributed by atoms with Crippen molar-refractivity contribution in [3.8, 4) is 0 Å². The van der Waals surface area contributed by atoms with E-state index in [2.05, 4.69) is 5.32 Å². The highest BCUT2D eigenvalue weighted by molar-refractivity contribution is 7.05. The van der Waals surface area contributed by atoms with Gasteiger partial charge in [0.05, 0.1) is 0 Å². The fourth-order valence-electron chi connectivity index (χ4n) is 1.14. The summed E-state index contributed by atoms with van der Waals surface area (Å²) in [7, 11) is 0. The number of nitrogens with zero attached hydrogens (tertiary/aromatic N) is 1. The van der Waals surface area contributed by atoms with Gasteiger partial charge in [-0.15, -0.1) is 0 Å². The molecule has 0 spiro atoms. The molecular weight excluding hydrogens is 248 g/mol. The smallest absolute Gasteiger partial charge is 0.307 e. The van der Waals surface area contributed by atoms with E-state index >= 15 is 0 Å². The van der Waals surface area contributed by atoms with Crippen LogP contribution in [0.1, 0.15) is 0 Å². The topological polar surface area (TPSA) is 51.1 Å². The largest absolute Gasteiger partial charge is 0.339 e. The third kappa shape index (κ3) is 2.50. The average Bonchev–Trinajstić information content (AvgIpc) is 2.65. The van der Waals surface area contributed by atoms with Gasteiger partial charge in [-0.05, 0) is 29.7 Å². The number of hydrogen-bond acceptors (Lipinski definition) is 3. The Labute approximate surface area is 100 Å². The van der Waals surface area contributed by atoms with Gasteiger partial charge >= 0.3 is 6.03 Å². The third-order valence-electron chi connectivity index (χ3n) is 1.81. The summed E-state index contributed by atoms with van der Waals surface area (Å²) in [5, 5.41) is 3.16. The number of carbonyl (C=O) groups excluding carboxylic acids is 1. The van der Waals surface area contributed by atoms with E-state index < -0.39 is 0 Å². The second-order valence-corrected chi connectivity index (χ2v) is 4.41. The summed E-state index contributed by atoms with van der Waals surface area (Å²) in [6.45, 7) is 0. The molecule has 0 aliphatic heterocycles. The molecule has 16 heavy (non-hydrogen) atoms. The number of hydrogen-bond donors (Lipinski definition) is 1. The van der Waals surface area contributed by atoms with E-state index in [0.29, 0.717) is 10.7 Å². The van der Waals surface area contributed by atoms with Crippen molar-refractivity contribution in [2.75, 3.05) is 5.32 Å². The molecule has 0 saturated heterocycles. The van der Waals surface area contributed by atoms with Crippen molar-refractivity contribution in [3.05, 3.63) is 51.1 Å². The molecule has 0 aliphatic carbocycles. The number of rotatable bonds is 1. The zero-order chi connectivity index (χ0) is 11.5. The summed E-state index contributed by atoms with van der Waals surface area (Å²) in [5.41, 5.74) is 0.589. The lowest BCUT2D eigenvalue weighted by Gasteiger charge is -2.04. The van der Waals surface area contributed by atoms with Crippen LogP contribution in [0.5, 0.6) is 0 Å². The van der Waals surface area contributed by atoms with E-state index in [1.54, 1.807) is 24.3 Å². The van der Waals surface area contributed by atoms with Gasteiger partial charge in [0, 0.05) is 23.0 Å². The standard InChI is InChI=1S/C10H7ClN2O2S/c11-7-2-1-3-8(6-7)12-10(15)13-5-4-9(14)16-13/h1-6H,(H,12,15). The van der Waals surface area contributed by atoms with Crippen LogP contribution in [0.15, 0.2) is 41.3 Å². The molecule has 0 saturated carbocycles. The minimum absolute atomic E-state index is 0.166. The van der Waals surface area contributed by atoms with Crippen molar-refractivity contribution in [2.24, 2.45) is 0 Å². The first-order valence-corrected chi connectivity index (χ1v) is 5.56. The molecule has 4 nitrogen and oxygen atoms in total. The summed E-state index contributed by atoms with van der Waals surface area (Å²) in [6, 6.07) is 7.75. The van der Waals surface area contributed by atoms with Crippen LogP contribution < -0.4 is 10.1 Å². The molecule has 1 aromatic heterocycles. The number of amides is 1. The molecule has 0 bridgehead atoms. The molecule has 0 aliphatic rings. The molecular formula is C10H7ClN2O2S. The summed E-state index contributed by atoms with van der Waals surface area (Å²) in [4.78, 5) is 22.5. The normalized spacial score (nSPS) is 10.1. The Morgan fingerprint density at radius 3 is 2.81 bits per heavy atom. The van der Waals surface area contributed by atoms with E-state index in [1.165, 1.54) is 16.2 Å². The van der Waals surface area contributed by atoms with E-state index in [4.69, 9.17) is 11.6 Å². The predicted octanol–water partition coefficient (Wildman–Crippen LogP) is 2.64. The number of aromatic nitrogens is 1. The first-order valence-electron chi connectivity index (χ1n) is 4.41. The molecule has 1 amide bonds. The lowest BCUT2D eigenvalue weighted by Crippen LogP contribution is -2.16. The highest BCUT2D eigenvalue weighted by Crippen LogP contribution is 2.15. The first kappa shape index (κ1) is 10.9. The highest BCUT2D eigenvalue weighted by atomic mass is 35.5. The second-order valence-electron chi connectivity index (χ2n) is 2.99. The summed E-state index contributed by atoms with van der Waals surface area (Å²) in [6.07, 6.45) is 1.42. The van der Waals surface area contributed by atoms with Crippen LogP contribution in [-0.2, 0) is 0 Å². The Hall–Kier alpha value is -1.59. The molecule has 1 N–H and O–H groups in total. The van der Waals surface area contributed by atoms with Crippen molar-refractivity contribution in [1.29, 1.82) is 0 Å². The van der Waals surface area contributed by atoms with Gasteiger partial charge in [-0.25, -0.2) is 8.75 Å². The molecule has 2 rings (SSSR count). The van der Waals surface area contributed by atoms with E-state index in [0.717, 1.165) is 11.5 Å². The molecule has 0 fully saturated rings. The monoisotopic (exact) mass is 254 g/mol. The molecule has 0 radical (unpaired) electrons. The Balaban J connectivity index is 2.16. The lowest BCUT2D eigenvalue weighted by atomic mass is 10.3. The fraction of sp³-hybridized carbons (Fsp3) is 0. The maximum Gasteiger partial charge on any atom is 0.339 e. The fourth-order valence-corrected chi connectivity index (χ4v) is 1.90. The zero-order valence-corrected chi connectivity index (χ0v) is 9.59. The Kier molecular flexibility index (Phi) is 3.07. The zero-order valence-electron chi connectivity index (χ0n) is 8.01. The number of halogens is 1. The van der Waals surface area contributed by atoms with Gasteiger partial charge in [-0.2, -0.15) is 0 Å². The third-order valence-corrected chi connectivity index (χ3v) is 2.85. The molecule has 1 heterocycles. The minimum atomic E-state index is -0.380. The Morgan fingerprint density at radius 2 is 2.19 bits per heavy atom. The van der Waals surface area contributed by atoms with Gasteiger partial charge < -0.3 is 5.32 Å². The maximum absolute atomic E-state index is 11.6. The molecule has 2 aromatic rings. The van der Waals surface area contributed by atoms with Crippen LogP contribution in [0.4, 0.5) is 10.5 Å². The average molecular weight is 255 g/mol. The maximum atomic E-state index is 11.6. The van der Waals surface area contributed by atoms with Gasteiger partial charge in [0.2, 0.25) is 4.74 Å². The van der Waals surface area contributed by atoms with Crippen molar-refractivity contribution < 1.29 is 4.79 Å². The second kappa shape index (κ2) is 4.51. The van der Waals surface area contributed by atoms with Gasteiger partial charge in [0.1, 0.15) is 0 Å². The SMILES string of the molecule is O=C(Nc1cccc(Cl)c1)n1ccc(=O)s1. The molecule has 82 valence electrons. The van der Waals surface area contributed by atoms with Crippen LogP contribution in [0.2, 0.25) is 5.02 Å². The Morgan fingerprint density at radius 1 is 1.38 bits per heavy atom. The van der Waals surface area contributed by atoms with Gasteiger partial charge in [0.15, 0.2) is 0 Å². The van der Waals surface area contributed by atoms with Crippen molar-refractivity contribution in [3.63, 3.8) is 0 Å². The summed E-state index contributed by atoms with van der Waals surface area (Å²) in [5.74, 6) is 0. The Bertz CT molecular complexity index is 576. The predicted molar refractivity (Wildman–Crippen MR) is 64.4 cm³/mol. The van der Waals surface area contributed by atoms with Gasteiger partial charge in [-0.1, -0.05) is 17.7 Å². The van der Waals surface area contributed by atoms with Crippen LogP contribution in [-0.4, -0.2) is 9.99 Å². The highest BCUT2D eigenvalue weighted by Gasteiger charge is 2.05. The number of anilines is 1. The van der Waals surface area contributed by atoms with E-state index in [9.17, 15) is 9.59 Å². The van der Waals surface area contributed by atoms with Crippen LogP contribution >= 0.6 is 23.1 Å². The first-order chi connectivity index (χ1) is 7.65. The number of benzene rings is 1. The van der Waals surface area contributed by atoms with E-state index in [1.807, 2.05) is 0 Å². The molecule has 1 aromatic carbocycles. The minimum Gasteiger partial charge on any atom is -0.307 e. The summed E-state index contributed by atoms with van der Waals surface area (Å²) >= 11 is 6.61. The molecule has 0 atom stereocenters. The van der Waals surface area contributed by atoms with Gasteiger partial charge in [-0.3, -0.25) is 4.79 Å². The van der Waals surface area contributed by atoms with E-state index in [-0.39, 0.29) is 10.8 Å². The summed E-state index contributed by atoms with van der Waals surface area (Å²) < 4.78 is 1.06. The van der Waals surface area contributed by atoms with Crippen LogP contribution in [0.3, 0.4) is 0 Å². The van der Waals surface area contributed by atoms with Crippen LogP contribution in [0, 0.1) is 0 Å². The molecule has 0 unspecified atom stereocenters. The van der Waals surface area contributed by atoms with Crippen LogP contribution in [0.25, 0.3) is 0 Å². The van der Waals surface area contributed by atoms with Crippen molar-refractivity contribution in [2.45, 2.75) is 0 Å². The lowest BCUT2D eigenvalue weighted by molar-refractivity contribution is 0.255. The molecule has 6 heteroatoms. The number of carbonyl (C=O) groups is 1. The van der Waals surface area contributed by atoms with Gasteiger partial charge in [0.25, 0.3) is 0 Å². The quantitative estimate of drug-likeness (QED) is 0.851. The number of nitrogens with one attached hydrogen (secondary N) is 1. The van der Waals surface area contributed by atoms with Crippen molar-refractivity contribution >= 4 is 34.9 Å². The van der Waals surface area contributed by atoms with Crippen molar-refractivity contribution in [1.82, 2.24) is 3.96 Å².